The van der Waals surface area contributed by atoms with Crippen LogP contribution in [0.1, 0.15) is 28.4 Å². The van der Waals surface area contributed by atoms with Crippen molar-refractivity contribution in [2.45, 2.75) is 6.92 Å². The Bertz CT molecular complexity index is 1330. The number of hydrazone groups is 1. The monoisotopic (exact) mass is 567 g/mol. The number of carbonyl (C=O) groups is 2. The fraction of sp³-hybridized carbons (Fsp3) is 0.148. The second kappa shape index (κ2) is 13.1. The lowest BCUT2D eigenvalue weighted by Gasteiger charge is -2.12. The van der Waals surface area contributed by atoms with E-state index in [1.165, 1.54) is 26.5 Å². The highest BCUT2D eigenvalue weighted by atomic mass is 79.9. The van der Waals surface area contributed by atoms with E-state index >= 15 is 0 Å². The highest BCUT2D eigenvalue weighted by Crippen LogP contribution is 2.35. The molecule has 9 nitrogen and oxygen atoms in total. The number of benzene rings is 3. The maximum Gasteiger partial charge on any atom is 0.287 e. The maximum atomic E-state index is 13.1. The van der Waals surface area contributed by atoms with Crippen molar-refractivity contribution < 1.29 is 28.9 Å². The topological polar surface area (TPSA) is 118 Å². The van der Waals surface area contributed by atoms with Gasteiger partial charge >= 0.3 is 0 Å². The van der Waals surface area contributed by atoms with E-state index in [1.807, 2.05) is 0 Å². The first-order valence-corrected chi connectivity index (χ1v) is 11.9. The lowest BCUT2D eigenvalue weighted by Crippen LogP contribution is -2.32. The van der Waals surface area contributed by atoms with Crippen molar-refractivity contribution in [3.63, 3.8) is 0 Å². The Balaban J connectivity index is 1.90. The second-order valence-electron chi connectivity index (χ2n) is 7.47. The minimum absolute atomic E-state index is 0.0379. The van der Waals surface area contributed by atoms with Gasteiger partial charge in [0.05, 0.1) is 31.5 Å². The zero-order valence-corrected chi connectivity index (χ0v) is 22.0. The van der Waals surface area contributed by atoms with E-state index in [0.717, 1.165) is 0 Å². The van der Waals surface area contributed by atoms with Gasteiger partial charge in [-0.1, -0.05) is 18.2 Å². The molecule has 0 radical (unpaired) electrons. The van der Waals surface area contributed by atoms with Gasteiger partial charge in [-0.2, -0.15) is 5.10 Å². The number of hydrogen-bond donors (Lipinski definition) is 3. The van der Waals surface area contributed by atoms with E-state index in [9.17, 15) is 14.7 Å². The van der Waals surface area contributed by atoms with E-state index in [-0.39, 0.29) is 17.2 Å². The Kier molecular flexibility index (Phi) is 9.68. The van der Waals surface area contributed by atoms with Crippen molar-refractivity contribution in [3.8, 4) is 23.0 Å². The molecule has 2 amide bonds. The van der Waals surface area contributed by atoms with Crippen molar-refractivity contribution in [1.82, 2.24) is 10.7 Å². The Morgan fingerprint density at radius 1 is 1.03 bits per heavy atom. The van der Waals surface area contributed by atoms with Gasteiger partial charge in [0, 0.05) is 11.1 Å². The van der Waals surface area contributed by atoms with E-state index in [4.69, 9.17) is 14.2 Å². The summed E-state index contributed by atoms with van der Waals surface area (Å²) >= 11 is 3.26. The van der Waals surface area contributed by atoms with Crippen molar-refractivity contribution in [1.29, 1.82) is 0 Å². The van der Waals surface area contributed by atoms with E-state index < -0.39 is 11.8 Å². The zero-order chi connectivity index (χ0) is 26.8. The average molecular weight is 568 g/mol. The van der Waals surface area contributed by atoms with Gasteiger partial charge < -0.3 is 24.6 Å². The molecule has 0 saturated carbocycles. The van der Waals surface area contributed by atoms with Gasteiger partial charge in [-0.05, 0) is 77.0 Å². The Morgan fingerprint density at radius 2 is 1.78 bits per heavy atom. The Labute approximate surface area is 222 Å². The second-order valence-corrected chi connectivity index (χ2v) is 8.32. The minimum atomic E-state index is -0.673. The van der Waals surface area contributed by atoms with E-state index in [2.05, 4.69) is 31.8 Å². The van der Waals surface area contributed by atoms with Gasteiger partial charge in [0.25, 0.3) is 11.8 Å². The molecule has 0 atom stereocenters. The number of hydrogen-bond acceptors (Lipinski definition) is 7. The van der Waals surface area contributed by atoms with Crippen LogP contribution in [0.25, 0.3) is 6.08 Å². The van der Waals surface area contributed by atoms with Crippen LogP contribution < -0.4 is 25.0 Å². The van der Waals surface area contributed by atoms with Crippen LogP contribution >= 0.6 is 15.9 Å². The average Bonchev–Trinajstić information content (AvgIpc) is 2.91. The van der Waals surface area contributed by atoms with Gasteiger partial charge in [-0.25, -0.2) is 5.43 Å². The number of nitrogens with zero attached hydrogens (tertiary/aromatic N) is 1. The molecule has 0 aliphatic heterocycles. The molecule has 10 heteroatoms. The molecular formula is C27H26BrN3O6. The predicted octanol–water partition coefficient (Wildman–Crippen LogP) is 4.49. The van der Waals surface area contributed by atoms with Crippen LogP contribution in [0, 0.1) is 0 Å². The highest BCUT2D eigenvalue weighted by molar-refractivity contribution is 9.10. The molecule has 37 heavy (non-hydrogen) atoms. The molecule has 0 spiro atoms. The molecule has 0 heterocycles. The number of halogens is 1. The summed E-state index contributed by atoms with van der Waals surface area (Å²) in [6.07, 6.45) is 2.85. The third-order valence-corrected chi connectivity index (χ3v) is 5.60. The lowest BCUT2D eigenvalue weighted by molar-refractivity contribution is -0.117. The molecule has 0 fully saturated rings. The van der Waals surface area contributed by atoms with Gasteiger partial charge in [0.2, 0.25) is 0 Å². The summed E-state index contributed by atoms with van der Waals surface area (Å²) in [7, 11) is 3.02. The standard InChI is InChI=1S/C27H26BrN3O6/c1-4-37-24-13-17(12-21(28)25(24)32)16-29-31-27(34)22(30-26(33)18-8-6-5-7-9-18)15-19-14-20(35-2)10-11-23(19)36-3/h5-16,32H,4H2,1-3H3,(H,30,33)(H,31,34). The van der Waals surface area contributed by atoms with Crippen LogP contribution in [0.15, 0.2) is 75.9 Å². The van der Waals surface area contributed by atoms with Gasteiger partial charge in [-0.15, -0.1) is 0 Å². The fourth-order valence-electron chi connectivity index (χ4n) is 3.21. The van der Waals surface area contributed by atoms with Crippen LogP contribution in [0.5, 0.6) is 23.0 Å². The number of nitrogens with one attached hydrogen (secondary N) is 2. The molecule has 0 aliphatic rings. The molecule has 3 aromatic rings. The molecule has 3 rings (SSSR count). The van der Waals surface area contributed by atoms with Gasteiger partial charge in [-0.3, -0.25) is 9.59 Å². The summed E-state index contributed by atoms with van der Waals surface area (Å²) in [5.41, 5.74) is 3.79. The SMILES string of the molecule is CCOc1cc(C=NNC(=O)C(=Cc2cc(OC)ccc2OC)NC(=O)c2ccccc2)cc(Br)c1O. The summed E-state index contributed by atoms with van der Waals surface area (Å²) < 4.78 is 16.5. The molecule has 0 aliphatic carbocycles. The van der Waals surface area contributed by atoms with Crippen molar-refractivity contribution in [3.05, 3.63) is 87.5 Å². The first kappa shape index (κ1) is 27.3. The number of amides is 2. The summed E-state index contributed by atoms with van der Waals surface area (Å²) in [6.45, 7) is 2.16. The van der Waals surface area contributed by atoms with Crippen LogP contribution in [-0.4, -0.2) is 44.0 Å². The van der Waals surface area contributed by atoms with Gasteiger partial charge in [0.1, 0.15) is 17.2 Å². The largest absolute Gasteiger partial charge is 0.503 e. The smallest absolute Gasteiger partial charge is 0.287 e. The molecule has 0 aromatic heterocycles. The lowest BCUT2D eigenvalue weighted by atomic mass is 10.1. The zero-order valence-electron chi connectivity index (χ0n) is 20.4. The quantitative estimate of drug-likeness (QED) is 0.189. The predicted molar refractivity (Wildman–Crippen MR) is 144 cm³/mol. The Morgan fingerprint density at radius 3 is 2.46 bits per heavy atom. The first-order valence-electron chi connectivity index (χ1n) is 11.1. The summed E-state index contributed by atoms with van der Waals surface area (Å²) in [5.74, 6) is 0.0997. The molecule has 0 bridgehead atoms. The first-order chi connectivity index (χ1) is 17.9. The number of ether oxygens (including phenoxy) is 3. The number of aromatic hydroxyl groups is 1. The number of carbonyl (C=O) groups excluding carboxylic acids is 2. The van der Waals surface area contributed by atoms with Crippen molar-refractivity contribution in [2.24, 2.45) is 5.10 Å². The summed E-state index contributed by atoms with van der Waals surface area (Å²) in [5, 5.41) is 16.7. The van der Waals surface area contributed by atoms with Crippen LogP contribution in [-0.2, 0) is 4.79 Å². The number of rotatable bonds is 10. The van der Waals surface area contributed by atoms with Crippen LogP contribution in [0.2, 0.25) is 0 Å². The molecule has 3 aromatic carbocycles. The van der Waals surface area contributed by atoms with E-state index in [0.29, 0.717) is 39.3 Å². The van der Waals surface area contributed by atoms with Crippen molar-refractivity contribution in [2.75, 3.05) is 20.8 Å². The number of methoxy groups -OCH3 is 2. The Hall–Kier alpha value is -4.31. The maximum absolute atomic E-state index is 13.1. The molecule has 3 N–H and O–H groups in total. The van der Waals surface area contributed by atoms with Crippen LogP contribution in [0.3, 0.4) is 0 Å². The highest BCUT2D eigenvalue weighted by Gasteiger charge is 2.16. The fourth-order valence-corrected chi connectivity index (χ4v) is 3.67. The normalized spacial score (nSPS) is 11.2. The number of phenolic OH excluding ortho intramolecular Hbond substituents is 1. The minimum Gasteiger partial charge on any atom is -0.503 e. The van der Waals surface area contributed by atoms with Gasteiger partial charge in [0.15, 0.2) is 11.5 Å². The summed E-state index contributed by atoms with van der Waals surface area (Å²) in [4.78, 5) is 25.9. The summed E-state index contributed by atoms with van der Waals surface area (Å²) in [6, 6.07) is 16.8. The molecule has 0 unspecified atom stereocenters. The number of phenols is 1. The third-order valence-electron chi connectivity index (χ3n) is 5.00. The third kappa shape index (κ3) is 7.34. The van der Waals surface area contributed by atoms with Crippen LogP contribution in [0.4, 0.5) is 0 Å². The molecule has 0 saturated heterocycles. The van der Waals surface area contributed by atoms with E-state index in [1.54, 1.807) is 67.6 Å². The molecule has 192 valence electrons. The van der Waals surface area contributed by atoms with Crippen molar-refractivity contribution >= 4 is 40.0 Å². The molecular weight excluding hydrogens is 542 g/mol.